The lowest BCUT2D eigenvalue weighted by atomic mass is 9.82. The number of aryl methyl sites for hydroxylation is 1. The van der Waals surface area contributed by atoms with Crippen molar-refractivity contribution in [3.63, 3.8) is 0 Å². The van der Waals surface area contributed by atoms with E-state index in [4.69, 9.17) is 0 Å². The van der Waals surface area contributed by atoms with Crippen LogP contribution in [0.5, 0.6) is 0 Å². The highest BCUT2D eigenvalue weighted by atomic mass is 19.1. The van der Waals surface area contributed by atoms with Gasteiger partial charge >= 0.3 is 0 Å². The molecule has 2 aromatic rings. The Balaban J connectivity index is 2.31. The van der Waals surface area contributed by atoms with Crippen LogP contribution >= 0.6 is 0 Å². The molecule has 4 heteroatoms. The zero-order valence-corrected chi connectivity index (χ0v) is 12.3. The van der Waals surface area contributed by atoms with Gasteiger partial charge < -0.3 is 5.32 Å². The third-order valence-electron chi connectivity index (χ3n) is 3.17. The Morgan fingerprint density at radius 1 is 1.10 bits per heavy atom. The fourth-order valence-electron chi connectivity index (χ4n) is 2.14. The highest BCUT2D eigenvalue weighted by Gasteiger charge is 2.26. The smallest absolute Gasteiger partial charge is 0.130 e. The normalized spacial score (nSPS) is 13.1. The minimum Gasteiger partial charge on any atom is -0.363 e. The molecule has 0 aliphatic carbocycles. The van der Waals surface area contributed by atoms with Gasteiger partial charge in [-0.1, -0.05) is 32.9 Å². The number of aromatic nitrogens is 2. The van der Waals surface area contributed by atoms with Gasteiger partial charge in [0.15, 0.2) is 0 Å². The summed E-state index contributed by atoms with van der Waals surface area (Å²) in [7, 11) is 0. The maximum Gasteiger partial charge on any atom is 0.130 e. The van der Waals surface area contributed by atoms with E-state index in [9.17, 15) is 4.39 Å². The van der Waals surface area contributed by atoms with Gasteiger partial charge in [0.2, 0.25) is 0 Å². The van der Waals surface area contributed by atoms with Gasteiger partial charge in [-0.05, 0) is 30.0 Å². The zero-order chi connectivity index (χ0) is 14.8. The molecule has 0 spiro atoms. The van der Waals surface area contributed by atoms with E-state index < -0.39 is 0 Å². The van der Waals surface area contributed by atoms with Gasteiger partial charge in [-0.2, -0.15) is 0 Å². The molecule has 0 radical (unpaired) electrons. The Bertz CT molecular complexity index is 573. The van der Waals surface area contributed by atoms with Gasteiger partial charge in [0, 0.05) is 11.8 Å². The molecule has 0 aliphatic heterocycles. The Morgan fingerprint density at radius 2 is 1.75 bits per heavy atom. The van der Waals surface area contributed by atoms with Crippen molar-refractivity contribution < 1.29 is 4.39 Å². The number of hydrogen-bond acceptors (Lipinski definition) is 3. The van der Waals surface area contributed by atoms with Crippen molar-refractivity contribution >= 4 is 5.82 Å². The van der Waals surface area contributed by atoms with E-state index in [-0.39, 0.29) is 17.3 Å². The van der Waals surface area contributed by atoms with Gasteiger partial charge in [-0.15, -0.1) is 0 Å². The van der Waals surface area contributed by atoms with Gasteiger partial charge in [0.25, 0.3) is 0 Å². The van der Waals surface area contributed by atoms with E-state index in [0.717, 1.165) is 17.1 Å². The first-order valence-corrected chi connectivity index (χ1v) is 6.67. The summed E-state index contributed by atoms with van der Waals surface area (Å²) < 4.78 is 13.1. The molecule has 0 aliphatic rings. The molecule has 20 heavy (non-hydrogen) atoms. The number of halogens is 1. The van der Waals surface area contributed by atoms with Gasteiger partial charge in [-0.3, -0.25) is 0 Å². The maximum atomic E-state index is 13.1. The van der Waals surface area contributed by atoms with Crippen LogP contribution in [0.3, 0.4) is 0 Å². The highest BCUT2D eigenvalue weighted by Crippen LogP contribution is 2.35. The lowest BCUT2D eigenvalue weighted by molar-refractivity contribution is 0.346. The van der Waals surface area contributed by atoms with Crippen LogP contribution in [0.2, 0.25) is 0 Å². The standard InChI is InChI=1S/C16H20FN3/c1-11-9-14(19-10-18-11)20-15(16(2,3)4)12-5-7-13(17)8-6-12/h5-10,15H,1-4H3,(H,18,19,20). The van der Waals surface area contributed by atoms with Crippen LogP contribution in [-0.4, -0.2) is 9.97 Å². The summed E-state index contributed by atoms with van der Waals surface area (Å²) >= 11 is 0. The number of anilines is 1. The first-order chi connectivity index (χ1) is 9.36. The topological polar surface area (TPSA) is 37.8 Å². The van der Waals surface area contributed by atoms with Gasteiger partial charge in [-0.25, -0.2) is 14.4 Å². The van der Waals surface area contributed by atoms with Crippen LogP contribution in [0.4, 0.5) is 10.2 Å². The number of benzene rings is 1. The van der Waals surface area contributed by atoms with E-state index in [1.165, 1.54) is 12.1 Å². The Kier molecular flexibility index (Phi) is 4.02. The highest BCUT2D eigenvalue weighted by molar-refractivity contribution is 5.39. The van der Waals surface area contributed by atoms with Crippen LogP contribution in [-0.2, 0) is 0 Å². The molecule has 1 unspecified atom stereocenters. The molecule has 1 aromatic heterocycles. The third kappa shape index (κ3) is 3.53. The molecule has 1 heterocycles. The molecule has 3 nitrogen and oxygen atoms in total. The molecule has 0 saturated heterocycles. The Morgan fingerprint density at radius 3 is 2.30 bits per heavy atom. The lowest BCUT2D eigenvalue weighted by Crippen LogP contribution is -2.26. The number of rotatable bonds is 3. The van der Waals surface area contributed by atoms with Crippen LogP contribution in [0, 0.1) is 18.2 Å². The molecular formula is C16H20FN3. The third-order valence-corrected chi connectivity index (χ3v) is 3.17. The van der Waals surface area contributed by atoms with Crippen LogP contribution in [0.25, 0.3) is 0 Å². The molecule has 0 bridgehead atoms. The van der Waals surface area contributed by atoms with Crippen LogP contribution < -0.4 is 5.32 Å². The predicted octanol–water partition coefficient (Wildman–Crippen LogP) is 4.12. The average molecular weight is 273 g/mol. The first kappa shape index (κ1) is 14.4. The summed E-state index contributed by atoms with van der Waals surface area (Å²) in [5.74, 6) is 0.557. The molecule has 106 valence electrons. The molecule has 0 saturated carbocycles. The lowest BCUT2D eigenvalue weighted by Gasteiger charge is -2.32. The first-order valence-electron chi connectivity index (χ1n) is 6.67. The average Bonchev–Trinajstić information content (AvgIpc) is 2.36. The fraction of sp³-hybridized carbons (Fsp3) is 0.375. The Hall–Kier alpha value is -1.97. The second kappa shape index (κ2) is 5.57. The second-order valence-electron chi connectivity index (χ2n) is 6.04. The van der Waals surface area contributed by atoms with Crippen molar-refractivity contribution in [2.24, 2.45) is 5.41 Å². The van der Waals surface area contributed by atoms with Crippen molar-refractivity contribution in [3.8, 4) is 0 Å². The van der Waals surface area contributed by atoms with E-state index in [1.807, 2.05) is 25.1 Å². The summed E-state index contributed by atoms with van der Waals surface area (Å²) in [6.45, 7) is 8.35. The molecular weight excluding hydrogens is 253 g/mol. The number of nitrogens with zero attached hydrogens (tertiary/aromatic N) is 2. The van der Waals surface area contributed by atoms with E-state index in [1.54, 1.807) is 6.33 Å². The molecule has 1 aromatic carbocycles. The van der Waals surface area contributed by atoms with Gasteiger partial charge in [0.05, 0.1) is 6.04 Å². The molecule has 1 N–H and O–H groups in total. The van der Waals surface area contributed by atoms with Crippen molar-refractivity contribution in [3.05, 3.63) is 53.7 Å². The van der Waals surface area contributed by atoms with E-state index in [2.05, 4.69) is 36.1 Å². The van der Waals surface area contributed by atoms with Crippen LogP contribution in [0.15, 0.2) is 36.7 Å². The SMILES string of the molecule is Cc1cc(NC(c2ccc(F)cc2)C(C)(C)C)ncn1. The molecule has 2 rings (SSSR count). The van der Waals surface area contributed by atoms with Gasteiger partial charge in [0.1, 0.15) is 18.0 Å². The maximum absolute atomic E-state index is 13.1. The summed E-state index contributed by atoms with van der Waals surface area (Å²) in [6, 6.07) is 8.54. The largest absolute Gasteiger partial charge is 0.363 e. The van der Waals surface area contributed by atoms with Crippen molar-refractivity contribution in [1.82, 2.24) is 9.97 Å². The summed E-state index contributed by atoms with van der Waals surface area (Å²) in [4.78, 5) is 8.33. The predicted molar refractivity (Wildman–Crippen MR) is 79.0 cm³/mol. The quantitative estimate of drug-likeness (QED) is 0.914. The minimum absolute atomic E-state index is 0.0311. The molecule has 0 amide bonds. The number of nitrogens with one attached hydrogen (secondary N) is 1. The Labute approximate surface area is 119 Å². The van der Waals surface area contributed by atoms with Crippen molar-refractivity contribution in [2.45, 2.75) is 33.7 Å². The number of hydrogen-bond donors (Lipinski definition) is 1. The van der Waals surface area contributed by atoms with E-state index in [0.29, 0.717) is 0 Å². The van der Waals surface area contributed by atoms with Crippen LogP contribution in [0.1, 0.15) is 38.1 Å². The summed E-state index contributed by atoms with van der Waals surface area (Å²) in [5.41, 5.74) is 1.92. The minimum atomic E-state index is -0.223. The van der Waals surface area contributed by atoms with Crippen molar-refractivity contribution in [2.75, 3.05) is 5.32 Å². The molecule has 0 fully saturated rings. The fourth-order valence-corrected chi connectivity index (χ4v) is 2.14. The van der Waals surface area contributed by atoms with E-state index >= 15 is 0 Å². The monoisotopic (exact) mass is 273 g/mol. The summed E-state index contributed by atoms with van der Waals surface area (Å²) in [5, 5.41) is 3.42. The second-order valence-corrected chi connectivity index (χ2v) is 6.04. The zero-order valence-electron chi connectivity index (χ0n) is 12.3. The molecule has 1 atom stereocenters. The summed E-state index contributed by atoms with van der Waals surface area (Å²) in [6.07, 6.45) is 1.54. The van der Waals surface area contributed by atoms with Crippen molar-refractivity contribution in [1.29, 1.82) is 0 Å².